The predicted molar refractivity (Wildman–Crippen MR) is 80.4 cm³/mol. The summed E-state index contributed by atoms with van der Waals surface area (Å²) in [6.45, 7) is 0.545. The monoisotopic (exact) mass is 394 g/mol. The summed E-state index contributed by atoms with van der Waals surface area (Å²) in [5, 5.41) is 3.48. The van der Waals surface area contributed by atoms with E-state index in [2.05, 4.69) is 31.9 Å². The molecular formula is C12H9Br2ClOS. The first kappa shape index (κ1) is 13.4. The summed E-state index contributed by atoms with van der Waals surface area (Å²) in [4.78, 5) is 1.16. The average molecular weight is 397 g/mol. The van der Waals surface area contributed by atoms with Crippen LogP contribution in [0.1, 0.15) is 10.4 Å². The van der Waals surface area contributed by atoms with E-state index in [4.69, 9.17) is 16.3 Å². The minimum absolute atomic E-state index is 0.545. The zero-order valence-electron chi connectivity index (χ0n) is 8.75. The summed E-state index contributed by atoms with van der Waals surface area (Å²) in [6, 6.07) is 7.86. The van der Waals surface area contributed by atoms with E-state index in [9.17, 15) is 0 Å². The molecule has 0 radical (unpaired) electrons. The van der Waals surface area contributed by atoms with Crippen molar-refractivity contribution in [3.63, 3.8) is 0 Å². The Kier molecular flexibility index (Phi) is 4.91. The molecule has 0 fully saturated rings. The lowest BCUT2D eigenvalue weighted by molar-refractivity contribution is 0.310. The highest BCUT2D eigenvalue weighted by atomic mass is 79.9. The molecule has 0 amide bonds. The highest BCUT2D eigenvalue weighted by molar-refractivity contribution is 9.10. The van der Waals surface area contributed by atoms with Crippen LogP contribution in [0.15, 0.2) is 34.1 Å². The molecule has 90 valence electrons. The van der Waals surface area contributed by atoms with Crippen LogP contribution in [-0.2, 0) is 11.9 Å². The largest absolute Gasteiger partial charge is 0.487 e. The Morgan fingerprint density at radius 1 is 1.29 bits per heavy atom. The maximum atomic E-state index is 6.13. The first-order chi connectivity index (χ1) is 8.19. The van der Waals surface area contributed by atoms with Crippen LogP contribution >= 0.6 is 54.8 Å². The Morgan fingerprint density at radius 2 is 2.12 bits per heavy atom. The van der Waals surface area contributed by atoms with Crippen LogP contribution < -0.4 is 4.74 Å². The Morgan fingerprint density at radius 3 is 2.71 bits per heavy atom. The van der Waals surface area contributed by atoms with E-state index in [0.29, 0.717) is 11.6 Å². The molecule has 1 nitrogen and oxygen atoms in total. The van der Waals surface area contributed by atoms with Gasteiger partial charge in [-0.05, 0) is 39.7 Å². The molecule has 0 saturated carbocycles. The molecule has 0 atom stereocenters. The summed E-state index contributed by atoms with van der Waals surface area (Å²) >= 11 is 14.6. The second-order valence-corrected chi connectivity index (χ2v) is 6.30. The van der Waals surface area contributed by atoms with E-state index in [0.717, 1.165) is 26.0 Å². The van der Waals surface area contributed by atoms with Crippen molar-refractivity contribution in [2.45, 2.75) is 11.9 Å². The summed E-state index contributed by atoms with van der Waals surface area (Å²) in [6.07, 6.45) is 0. The van der Waals surface area contributed by atoms with Crippen molar-refractivity contribution in [3.05, 3.63) is 49.6 Å². The second kappa shape index (κ2) is 6.23. The SMILES string of the molecule is Clc1cc(CBr)ccc1OCc1cc(Br)cs1. The zero-order chi connectivity index (χ0) is 12.3. The van der Waals surface area contributed by atoms with Crippen molar-refractivity contribution in [2.75, 3.05) is 0 Å². The highest BCUT2D eigenvalue weighted by Gasteiger charge is 2.04. The molecule has 1 heterocycles. The van der Waals surface area contributed by atoms with Crippen LogP contribution in [0.5, 0.6) is 5.75 Å². The molecule has 1 aromatic carbocycles. The molecule has 0 aliphatic rings. The lowest BCUT2D eigenvalue weighted by atomic mass is 10.2. The standard InChI is InChI=1S/C12H9Br2ClOS/c13-5-8-1-2-12(11(15)3-8)16-6-10-4-9(14)7-17-10/h1-4,7H,5-6H2. The van der Waals surface area contributed by atoms with Gasteiger partial charge < -0.3 is 4.74 Å². The number of ether oxygens (including phenoxy) is 1. The number of halogens is 3. The molecule has 17 heavy (non-hydrogen) atoms. The van der Waals surface area contributed by atoms with Crippen LogP contribution in [0.2, 0.25) is 5.02 Å². The normalized spacial score (nSPS) is 10.5. The van der Waals surface area contributed by atoms with E-state index in [1.807, 2.05) is 29.6 Å². The number of hydrogen-bond donors (Lipinski definition) is 0. The Bertz CT molecular complexity index is 513. The fraction of sp³-hybridized carbons (Fsp3) is 0.167. The van der Waals surface area contributed by atoms with Gasteiger partial charge in [-0.15, -0.1) is 11.3 Å². The third-order valence-corrected chi connectivity index (χ3v) is 4.76. The van der Waals surface area contributed by atoms with Gasteiger partial charge in [0.25, 0.3) is 0 Å². The van der Waals surface area contributed by atoms with E-state index in [1.165, 1.54) is 0 Å². The van der Waals surface area contributed by atoms with Crippen molar-refractivity contribution < 1.29 is 4.74 Å². The van der Waals surface area contributed by atoms with Gasteiger partial charge in [-0.1, -0.05) is 33.6 Å². The first-order valence-corrected chi connectivity index (χ1v) is 8.06. The van der Waals surface area contributed by atoms with E-state index in [-0.39, 0.29) is 0 Å². The summed E-state index contributed by atoms with van der Waals surface area (Å²) in [5.41, 5.74) is 1.14. The van der Waals surface area contributed by atoms with Crippen LogP contribution in [-0.4, -0.2) is 0 Å². The van der Waals surface area contributed by atoms with Gasteiger partial charge in [0.15, 0.2) is 0 Å². The number of thiophene rings is 1. The van der Waals surface area contributed by atoms with Crippen molar-refractivity contribution in [1.29, 1.82) is 0 Å². The molecule has 0 aliphatic carbocycles. The quantitative estimate of drug-likeness (QED) is 0.608. The summed E-state index contributed by atoms with van der Waals surface area (Å²) < 4.78 is 6.76. The zero-order valence-corrected chi connectivity index (χ0v) is 13.5. The molecule has 1 aromatic heterocycles. The van der Waals surface area contributed by atoms with Gasteiger partial charge in [-0.25, -0.2) is 0 Å². The number of hydrogen-bond acceptors (Lipinski definition) is 2. The number of benzene rings is 1. The Labute approximate surface area is 126 Å². The van der Waals surface area contributed by atoms with E-state index in [1.54, 1.807) is 11.3 Å². The van der Waals surface area contributed by atoms with Crippen molar-refractivity contribution in [3.8, 4) is 5.75 Å². The maximum absolute atomic E-state index is 6.13. The molecule has 0 unspecified atom stereocenters. The van der Waals surface area contributed by atoms with Gasteiger partial charge in [-0.2, -0.15) is 0 Å². The van der Waals surface area contributed by atoms with Gasteiger partial charge in [0, 0.05) is 20.1 Å². The molecule has 5 heteroatoms. The van der Waals surface area contributed by atoms with Crippen LogP contribution in [0, 0.1) is 0 Å². The molecular weight excluding hydrogens is 387 g/mol. The van der Waals surface area contributed by atoms with Crippen LogP contribution in [0.25, 0.3) is 0 Å². The lowest BCUT2D eigenvalue weighted by Gasteiger charge is -2.07. The van der Waals surface area contributed by atoms with Crippen molar-refractivity contribution >= 4 is 54.8 Å². The minimum Gasteiger partial charge on any atom is -0.487 e. The fourth-order valence-corrected chi connectivity index (χ4v) is 3.29. The third-order valence-electron chi connectivity index (χ3n) is 2.14. The van der Waals surface area contributed by atoms with Gasteiger partial charge in [0.05, 0.1) is 5.02 Å². The van der Waals surface area contributed by atoms with Crippen molar-refractivity contribution in [1.82, 2.24) is 0 Å². The number of rotatable bonds is 4. The van der Waals surface area contributed by atoms with Gasteiger partial charge in [0.2, 0.25) is 0 Å². The van der Waals surface area contributed by atoms with Crippen LogP contribution in [0.3, 0.4) is 0 Å². The molecule has 0 bridgehead atoms. The molecule has 2 aromatic rings. The third kappa shape index (κ3) is 3.71. The summed E-state index contributed by atoms with van der Waals surface area (Å²) in [5.74, 6) is 0.723. The minimum atomic E-state index is 0.545. The summed E-state index contributed by atoms with van der Waals surface area (Å²) in [7, 11) is 0. The Balaban J connectivity index is 2.04. The fourth-order valence-electron chi connectivity index (χ4n) is 1.32. The predicted octanol–water partition coefficient (Wildman–Crippen LogP) is 5.64. The first-order valence-electron chi connectivity index (χ1n) is 4.89. The van der Waals surface area contributed by atoms with E-state index >= 15 is 0 Å². The molecule has 0 N–H and O–H groups in total. The molecule has 0 aliphatic heterocycles. The Hall–Kier alpha value is -0.0300. The molecule has 2 rings (SSSR count). The average Bonchev–Trinajstić information content (AvgIpc) is 2.73. The number of alkyl halides is 1. The molecule has 0 saturated heterocycles. The smallest absolute Gasteiger partial charge is 0.138 e. The second-order valence-electron chi connectivity index (χ2n) is 3.42. The van der Waals surface area contributed by atoms with Crippen LogP contribution in [0.4, 0.5) is 0 Å². The van der Waals surface area contributed by atoms with E-state index < -0.39 is 0 Å². The maximum Gasteiger partial charge on any atom is 0.138 e. The van der Waals surface area contributed by atoms with Crippen molar-refractivity contribution in [2.24, 2.45) is 0 Å². The molecule has 0 spiro atoms. The topological polar surface area (TPSA) is 9.23 Å². The highest BCUT2D eigenvalue weighted by Crippen LogP contribution is 2.28. The van der Waals surface area contributed by atoms with Gasteiger partial charge in [-0.3, -0.25) is 0 Å². The lowest BCUT2D eigenvalue weighted by Crippen LogP contribution is -1.93. The van der Waals surface area contributed by atoms with Gasteiger partial charge >= 0.3 is 0 Å². The van der Waals surface area contributed by atoms with Gasteiger partial charge in [0.1, 0.15) is 12.4 Å².